The van der Waals surface area contributed by atoms with Crippen LogP contribution in [0.1, 0.15) is 0 Å². The summed E-state index contributed by atoms with van der Waals surface area (Å²) in [6.07, 6.45) is 0. The molecule has 0 bridgehead atoms. The lowest BCUT2D eigenvalue weighted by Gasteiger charge is -2.10. The van der Waals surface area contributed by atoms with Gasteiger partial charge in [0.1, 0.15) is 5.58 Å². The van der Waals surface area contributed by atoms with E-state index < -0.39 is 0 Å². The highest BCUT2D eigenvalue weighted by molar-refractivity contribution is 6.11. The van der Waals surface area contributed by atoms with E-state index in [-0.39, 0.29) is 0 Å². The zero-order chi connectivity index (χ0) is 13.4. The minimum atomic E-state index is 0.624. The smallest absolute Gasteiger partial charge is 0.181 e. The van der Waals surface area contributed by atoms with Gasteiger partial charge in [0.15, 0.2) is 22.8 Å². The number of hydrogen-bond donors (Lipinski definition) is 0. The van der Waals surface area contributed by atoms with E-state index in [9.17, 15) is 0 Å². The van der Waals surface area contributed by atoms with E-state index in [0.29, 0.717) is 22.8 Å². The number of ether oxygens (including phenoxy) is 3. The lowest BCUT2D eigenvalue weighted by Crippen LogP contribution is -1.93. The summed E-state index contributed by atoms with van der Waals surface area (Å²) in [6, 6.07) is 9.57. The van der Waals surface area contributed by atoms with E-state index in [0.717, 1.165) is 16.4 Å². The zero-order valence-electron chi connectivity index (χ0n) is 11.0. The summed E-state index contributed by atoms with van der Waals surface area (Å²) in [5.41, 5.74) is 1.46. The van der Waals surface area contributed by atoms with Crippen LogP contribution in [0.4, 0.5) is 0 Å². The van der Waals surface area contributed by atoms with Crippen LogP contribution in [0.3, 0.4) is 0 Å². The summed E-state index contributed by atoms with van der Waals surface area (Å²) >= 11 is 0. The lowest BCUT2D eigenvalue weighted by atomic mass is 10.1. The Morgan fingerprint density at radius 3 is 2.32 bits per heavy atom. The largest absolute Gasteiger partial charge is 0.493 e. The second-order valence-electron chi connectivity index (χ2n) is 4.12. The number of rotatable bonds is 3. The van der Waals surface area contributed by atoms with Crippen LogP contribution in [0.25, 0.3) is 21.9 Å². The maximum Gasteiger partial charge on any atom is 0.181 e. The predicted octanol–water partition coefficient (Wildman–Crippen LogP) is 3.61. The first-order valence-electron chi connectivity index (χ1n) is 5.90. The maximum absolute atomic E-state index is 5.86. The highest BCUT2D eigenvalue weighted by Gasteiger charge is 2.20. The van der Waals surface area contributed by atoms with Crippen molar-refractivity contribution in [3.63, 3.8) is 0 Å². The SMILES string of the molecule is COc1cc(OC)c2oc3ccccc3c2c1OC. The van der Waals surface area contributed by atoms with Crippen molar-refractivity contribution in [2.45, 2.75) is 0 Å². The van der Waals surface area contributed by atoms with Gasteiger partial charge in [0.05, 0.1) is 26.7 Å². The third kappa shape index (κ3) is 1.60. The molecule has 4 nitrogen and oxygen atoms in total. The Bertz CT molecular complexity index is 743. The number of benzene rings is 2. The molecular formula is C15H14O4. The van der Waals surface area contributed by atoms with Crippen molar-refractivity contribution in [3.8, 4) is 17.2 Å². The molecule has 0 atom stereocenters. The van der Waals surface area contributed by atoms with Crippen LogP contribution in [0.2, 0.25) is 0 Å². The molecule has 0 N–H and O–H groups in total. The Morgan fingerprint density at radius 1 is 0.895 bits per heavy atom. The number of furan rings is 1. The maximum atomic E-state index is 5.86. The fraction of sp³-hybridized carbons (Fsp3) is 0.200. The molecular weight excluding hydrogens is 244 g/mol. The lowest BCUT2D eigenvalue weighted by molar-refractivity contribution is 0.352. The van der Waals surface area contributed by atoms with Gasteiger partial charge in [-0.2, -0.15) is 0 Å². The highest BCUT2D eigenvalue weighted by atomic mass is 16.5. The number of fused-ring (bicyclic) bond motifs is 3. The summed E-state index contributed by atoms with van der Waals surface area (Å²) < 4.78 is 22.1. The second kappa shape index (κ2) is 4.39. The summed E-state index contributed by atoms with van der Waals surface area (Å²) in [7, 11) is 4.82. The topological polar surface area (TPSA) is 40.8 Å². The second-order valence-corrected chi connectivity index (χ2v) is 4.12. The molecule has 0 fully saturated rings. The summed E-state index contributed by atoms with van der Waals surface area (Å²) in [6.45, 7) is 0. The first-order chi connectivity index (χ1) is 9.30. The van der Waals surface area contributed by atoms with Gasteiger partial charge < -0.3 is 18.6 Å². The molecule has 4 heteroatoms. The van der Waals surface area contributed by atoms with E-state index in [1.54, 1.807) is 27.4 Å². The van der Waals surface area contributed by atoms with E-state index in [4.69, 9.17) is 18.6 Å². The Hall–Kier alpha value is -2.36. The molecule has 1 heterocycles. The molecule has 98 valence electrons. The quantitative estimate of drug-likeness (QED) is 0.719. The molecule has 2 aromatic carbocycles. The van der Waals surface area contributed by atoms with Gasteiger partial charge in [0.25, 0.3) is 0 Å². The summed E-state index contributed by atoms with van der Waals surface area (Å²) in [5.74, 6) is 1.91. The van der Waals surface area contributed by atoms with Crippen molar-refractivity contribution in [1.29, 1.82) is 0 Å². The third-order valence-corrected chi connectivity index (χ3v) is 3.18. The first kappa shape index (κ1) is 11.7. The molecule has 0 amide bonds. The summed E-state index contributed by atoms with van der Waals surface area (Å²) in [4.78, 5) is 0. The number of methoxy groups -OCH3 is 3. The van der Waals surface area contributed by atoms with Crippen molar-refractivity contribution in [2.75, 3.05) is 21.3 Å². The van der Waals surface area contributed by atoms with Gasteiger partial charge >= 0.3 is 0 Å². The van der Waals surface area contributed by atoms with Crippen LogP contribution in [-0.2, 0) is 0 Å². The van der Waals surface area contributed by atoms with Gasteiger partial charge in [-0.15, -0.1) is 0 Å². The monoisotopic (exact) mass is 258 g/mol. The normalized spacial score (nSPS) is 10.9. The Kier molecular flexibility index (Phi) is 2.71. The van der Waals surface area contributed by atoms with Crippen molar-refractivity contribution in [1.82, 2.24) is 0 Å². The van der Waals surface area contributed by atoms with E-state index in [1.807, 2.05) is 24.3 Å². The van der Waals surface area contributed by atoms with Crippen LogP contribution in [-0.4, -0.2) is 21.3 Å². The molecule has 0 unspecified atom stereocenters. The average molecular weight is 258 g/mol. The fourth-order valence-corrected chi connectivity index (χ4v) is 2.32. The Balaban J connectivity index is 2.54. The van der Waals surface area contributed by atoms with Crippen molar-refractivity contribution >= 4 is 21.9 Å². The predicted molar refractivity (Wildman–Crippen MR) is 73.4 cm³/mol. The molecule has 0 saturated heterocycles. The third-order valence-electron chi connectivity index (χ3n) is 3.18. The molecule has 3 rings (SSSR count). The summed E-state index contributed by atoms with van der Waals surface area (Å²) in [5, 5.41) is 1.85. The van der Waals surface area contributed by atoms with Crippen molar-refractivity contribution in [2.24, 2.45) is 0 Å². The van der Waals surface area contributed by atoms with Gasteiger partial charge in [0, 0.05) is 11.5 Å². The van der Waals surface area contributed by atoms with Crippen molar-refractivity contribution in [3.05, 3.63) is 30.3 Å². The molecule has 0 saturated carbocycles. The minimum absolute atomic E-state index is 0.624. The number of para-hydroxylation sites is 1. The molecule has 0 radical (unpaired) electrons. The molecule has 1 aromatic heterocycles. The molecule has 19 heavy (non-hydrogen) atoms. The Labute approximate surface area is 110 Å². The Morgan fingerprint density at radius 2 is 1.63 bits per heavy atom. The van der Waals surface area contributed by atoms with Gasteiger partial charge in [-0.1, -0.05) is 18.2 Å². The highest BCUT2D eigenvalue weighted by Crippen LogP contribution is 2.46. The van der Waals surface area contributed by atoms with Gasteiger partial charge in [0.2, 0.25) is 0 Å². The number of hydrogen-bond acceptors (Lipinski definition) is 4. The van der Waals surface area contributed by atoms with Crippen LogP contribution in [0.15, 0.2) is 34.7 Å². The van der Waals surface area contributed by atoms with E-state index >= 15 is 0 Å². The van der Waals surface area contributed by atoms with Gasteiger partial charge in [-0.05, 0) is 6.07 Å². The van der Waals surface area contributed by atoms with Gasteiger partial charge in [-0.25, -0.2) is 0 Å². The standard InChI is InChI=1S/C15H14O4/c1-16-11-8-12(17-2)15-13(14(11)18-3)9-6-4-5-7-10(9)19-15/h4-8H,1-3H3. The zero-order valence-corrected chi connectivity index (χ0v) is 11.0. The molecule has 3 aromatic rings. The van der Waals surface area contributed by atoms with Crippen LogP contribution in [0.5, 0.6) is 17.2 Å². The van der Waals surface area contributed by atoms with Crippen LogP contribution < -0.4 is 14.2 Å². The molecule has 0 aliphatic carbocycles. The average Bonchev–Trinajstić information content (AvgIpc) is 2.84. The fourth-order valence-electron chi connectivity index (χ4n) is 2.32. The molecule has 0 aliphatic heterocycles. The molecule has 0 aliphatic rings. The van der Waals surface area contributed by atoms with E-state index in [1.165, 1.54) is 0 Å². The van der Waals surface area contributed by atoms with E-state index in [2.05, 4.69) is 0 Å². The van der Waals surface area contributed by atoms with Crippen LogP contribution in [0, 0.1) is 0 Å². The first-order valence-corrected chi connectivity index (χ1v) is 5.90. The minimum Gasteiger partial charge on any atom is -0.493 e. The molecule has 0 spiro atoms. The van der Waals surface area contributed by atoms with Crippen molar-refractivity contribution < 1.29 is 18.6 Å². The van der Waals surface area contributed by atoms with Gasteiger partial charge in [-0.3, -0.25) is 0 Å². The van der Waals surface area contributed by atoms with Crippen LogP contribution >= 0.6 is 0 Å².